The third-order valence-electron chi connectivity index (χ3n) is 10.4. The number of allylic oxidation sites excluding steroid dienone is 2. The Morgan fingerprint density at radius 3 is 2.76 bits per heavy atom. The minimum Gasteiger partial charge on any atom is -0.515 e. The summed E-state index contributed by atoms with van der Waals surface area (Å²) in [6.07, 6.45) is 7.78. The Morgan fingerprint density at radius 2 is 2.03 bits per heavy atom. The second-order valence-electron chi connectivity index (χ2n) is 11.5. The summed E-state index contributed by atoms with van der Waals surface area (Å²) in [4.78, 5) is 12.6. The Hall–Kier alpha value is -1.29. The van der Waals surface area contributed by atoms with E-state index in [2.05, 4.69) is 13.8 Å². The molecule has 1 unspecified atom stereocenters. The van der Waals surface area contributed by atoms with Crippen molar-refractivity contribution in [3.05, 3.63) is 23.5 Å². The number of ether oxygens (including phenoxy) is 6. The van der Waals surface area contributed by atoms with Crippen LogP contribution in [0, 0.1) is 28.6 Å². The summed E-state index contributed by atoms with van der Waals surface area (Å²) in [7, 11) is 1.65. The van der Waals surface area contributed by atoms with E-state index in [4.69, 9.17) is 28.4 Å². The summed E-state index contributed by atoms with van der Waals surface area (Å²) in [5, 5.41) is 9.80. The summed E-state index contributed by atoms with van der Waals surface area (Å²) >= 11 is 0. The highest BCUT2D eigenvalue weighted by Gasteiger charge is 2.77. The molecular formula is C26H36O8. The number of aliphatic hydroxyl groups excluding tert-OH is 1. The van der Waals surface area contributed by atoms with Crippen molar-refractivity contribution in [2.24, 2.45) is 28.6 Å². The fourth-order valence-corrected chi connectivity index (χ4v) is 9.04. The Morgan fingerprint density at radius 1 is 1.21 bits per heavy atom. The fourth-order valence-electron chi connectivity index (χ4n) is 9.04. The smallest absolute Gasteiger partial charge is 0.226 e. The fraction of sp³-hybridized carbons (Fsp3) is 0.808. The molecule has 8 atom stereocenters. The van der Waals surface area contributed by atoms with Gasteiger partial charge in [0.05, 0.1) is 12.4 Å². The first kappa shape index (κ1) is 23.1. The monoisotopic (exact) mass is 476 g/mol. The molecule has 0 aromatic carbocycles. The molecule has 2 heterocycles. The van der Waals surface area contributed by atoms with E-state index in [1.807, 2.05) is 0 Å². The number of methoxy groups -OCH3 is 1. The Kier molecular flexibility index (Phi) is 5.34. The number of carbonyl (C=O) groups is 1. The molecule has 188 valence electrons. The van der Waals surface area contributed by atoms with Gasteiger partial charge in [0.1, 0.15) is 19.0 Å². The van der Waals surface area contributed by atoms with Crippen LogP contribution in [-0.4, -0.2) is 62.5 Å². The molecule has 8 heteroatoms. The predicted molar refractivity (Wildman–Crippen MR) is 119 cm³/mol. The Balaban J connectivity index is 1.43. The summed E-state index contributed by atoms with van der Waals surface area (Å²) < 4.78 is 36.3. The molecule has 2 spiro atoms. The lowest BCUT2D eigenvalue weighted by molar-refractivity contribution is -0.264. The van der Waals surface area contributed by atoms with Gasteiger partial charge in [-0.05, 0) is 67.8 Å². The number of ketones is 1. The van der Waals surface area contributed by atoms with Gasteiger partial charge < -0.3 is 33.5 Å². The Labute approximate surface area is 200 Å². The first-order valence-corrected chi connectivity index (χ1v) is 12.5. The van der Waals surface area contributed by atoms with Crippen molar-refractivity contribution in [2.45, 2.75) is 69.9 Å². The van der Waals surface area contributed by atoms with Crippen molar-refractivity contribution < 1.29 is 38.3 Å². The SMILES string of the molecule is COCO[C@H]1C[C@@]2(C)[C@@H](CC[C@@]23OCOC32COCO2)[C@@H]2CCC3=CC(=O)/C(=C\O)C[C@]3(C)[C@H]21. The molecule has 0 radical (unpaired) electrons. The van der Waals surface area contributed by atoms with Crippen LogP contribution in [-0.2, 0) is 33.2 Å². The number of carbonyl (C=O) groups excluding carboxylic acids is 1. The summed E-state index contributed by atoms with van der Waals surface area (Å²) in [5.41, 5.74) is 0.608. The number of rotatable bonds is 3. The summed E-state index contributed by atoms with van der Waals surface area (Å²) in [5.74, 6) is 0.0557. The van der Waals surface area contributed by atoms with Gasteiger partial charge in [-0.1, -0.05) is 19.4 Å². The molecule has 3 saturated carbocycles. The van der Waals surface area contributed by atoms with Crippen molar-refractivity contribution >= 4 is 5.78 Å². The van der Waals surface area contributed by atoms with Crippen molar-refractivity contribution in [1.82, 2.24) is 0 Å². The van der Waals surface area contributed by atoms with E-state index >= 15 is 0 Å². The molecule has 2 saturated heterocycles. The van der Waals surface area contributed by atoms with Gasteiger partial charge in [0.2, 0.25) is 5.79 Å². The van der Waals surface area contributed by atoms with Gasteiger partial charge in [-0.3, -0.25) is 4.79 Å². The molecule has 0 aromatic rings. The van der Waals surface area contributed by atoms with Crippen LogP contribution in [0.25, 0.3) is 0 Å². The maximum atomic E-state index is 12.6. The van der Waals surface area contributed by atoms with Gasteiger partial charge in [-0.15, -0.1) is 0 Å². The van der Waals surface area contributed by atoms with E-state index in [0.29, 0.717) is 30.4 Å². The van der Waals surface area contributed by atoms with E-state index in [1.165, 1.54) is 5.57 Å². The average molecular weight is 477 g/mol. The molecule has 0 bridgehead atoms. The van der Waals surface area contributed by atoms with E-state index in [0.717, 1.165) is 38.4 Å². The first-order valence-electron chi connectivity index (χ1n) is 12.5. The molecule has 6 rings (SSSR count). The van der Waals surface area contributed by atoms with Crippen LogP contribution in [0.1, 0.15) is 52.4 Å². The zero-order valence-corrected chi connectivity index (χ0v) is 20.3. The first-order chi connectivity index (χ1) is 16.3. The van der Waals surface area contributed by atoms with Crippen LogP contribution >= 0.6 is 0 Å². The van der Waals surface area contributed by atoms with Gasteiger partial charge in [0, 0.05) is 18.1 Å². The normalized spacial score (nSPS) is 51.1. The van der Waals surface area contributed by atoms with Crippen LogP contribution in [0.4, 0.5) is 0 Å². The molecule has 0 aromatic heterocycles. The number of fused-ring (bicyclic) bond motifs is 7. The highest BCUT2D eigenvalue weighted by Crippen LogP contribution is 2.72. The third kappa shape index (κ3) is 2.78. The predicted octanol–water partition coefficient (Wildman–Crippen LogP) is 3.61. The van der Waals surface area contributed by atoms with Gasteiger partial charge in [-0.25, -0.2) is 0 Å². The molecular weight excluding hydrogens is 440 g/mol. The zero-order valence-electron chi connectivity index (χ0n) is 20.3. The van der Waals surface area contributed by atoms with Gasteiger partial charge in [0.15, 0.2) is 19.4 Å². The van der Waals surface area contributed by atoms with Gasteiger partial charge in [0.25, 0.3) is 0 Å². The molecule has 5 fully saturated rings. The topological polar surface area (TPSA) is 92.7 Å². The lowest BCUT2D eigenvalue weighted by Gasteiger charge is -2.62. The zero-order chi connectivity index (χ0) is 23.8. The lowest BCUT2D eigenvalue weighted by atomic mass is 9.45. The quantitative estimate of drug-likeness (QED) is 0.375. The molecule has 6 aliphatic rings. The Bertz CT molecular complexity index is 916. The van der Waals surface area contributed by atoms with E-state index in [-0.39, 0.29) is 49.0 Å². The highest BCUT2D eigenvalue weighted by atomic mass is 16.9. The average Bonchev–Trinajstić information content (AvgIpc) is 3.52. The maximum absolute atomic E-state index is 12.6. The second kappa shape index (κ2) is 7.85. The van der Waals surface area contributed by atoms with Gasteiger partial charge in [-0.2, -0.15) is 0 Å². The van der Waals surface area contributed by atoms with Crippen molar-refractivity contribution in [1.29, 1.82) is 0 Å². The molecule has 0 amide bonds. The number of aliphatic hydroxyl groups is 1. The van der Waals surface area contributed by atoms with Gasteiger partial charge >= 0.3 is 0 Å². The van der Waals surface area contributed by atoms with Crippen molar-refractivity contribution in [3.8, 4) is 0 Å². The van der Waals surface area contributed by atoms with Crippen LogP contribution in [0.5, 0.6) is 0 Å². The van der Waals surface area contributed by atoms with Crippen molar-refractivity contribution in [2.75, 3.05) is 34.1 Å². The van der Waals surface area contributed by atoms with E-state index < -0.39 is 11.4 Å². The van der Waals surface area contributed by atoms with Crippen LogP contribution in [0.3, 0.4) is 0 Å². The minimum atomic E-state index is -0.872. The van der Waals surface area contributed by atoms with Crippen LogP contribution in [0.2, 0.25) is 0 Å². The molecule has 2 aliphatic heterocycles. The number of hydrogen-bond donors (Lipinski definition) is 1. The molecule has 4 aliphatic carbocycles. The minimum absolute atomic E-state index is 0.0694. The third-order valence-corrected chi connectivity index (χ3v) is 10.4. The maximum Gasteiger partial charge on any atom is 0.226 e. The van der Waals surface area contributed by atoms with Crippen molar-refractivity contribution in [3.63, 3.8) is 0 Å². The highest BCUT2D eigenvalue weighted by molar-refractivity contribution is 6.05. The standard InChI is InChI=1S/C26H36O8/c1-23-9-16(11-27)20(28)8-17(23)4-5-18-19-6-7-25(26(34-15-32-25)12-30-14-33-26)24(19,2)10-21(22(18)23)31-13-29-3/h8,11,18-19,21-22,27H,4-7,9-10,12-15H2,1-3H3/b16-11-/t18-,19-,21-,22+,23-,24-,25+,26?/m0/s1. The van der Waals surface area contributed by atoms with Crippen LogP contribution < -0.4 is 0 Å². The van der Waals surface area contributed by atoms with E-state index in [9.17, 15) is 9.90 Å². The molecule has 1 N–H and O–H groups in total. The summed E-state index contributed by atoms with van der Waals surface area (Å²) in [6.45, 7) is 5.61. The van der Waals surface area contributed by atoms with Crippen LogP contribution in [0.15, 0.2) is 23.5 Å². The summed E-state index contributed by atoms with van der Waals surface area (Å²) in [6, 6.07) is 0. The largest absolute Gasteiger partial charge is 0.515 e. The molecule has 34 heavy (non-hydrogen) atoms. The molecule has 8 nitrogen and oxygen atoms in total. The second-order valence-corrected chi connectivity index (χ2v) is 11.5. The lowest BCUT2D eigenvalue weighted by Crippen LogP contribution is -2.66. The number of hydrogen-bond acceptors (Lipinski definition) is 8. The van der Waals surface area contributed by atoms with E-state index in [1.54, 1.807) is 13.2 Å².